The monoisotopic (exact) mass is 398 g/mol. The molecule has 0 amide bonds. The van der Waals surface area contributed by atoms with Crippen molar-refractivity contribution in [3.05, 3.63) is 72.3 Å². The van der Waals surface area contributed by atoms with E-state index in [1.165, 1.54) is 0 Å². The zero-order valence-corrected chi connectivity index (χ0v) is 16.5. The summed E-state index contributed by atoms with van der Waals surface area (Å²) in [6, 6.07) is 16.5. The van der Waals surface area contributed by atoms with Gasteiger partial charge in [0.15, 0.2) is 0 Å². The van der Waals surface area contributed by atoms with Crippen LogP contribution >= 0.6 is 0 Å². The number of aromatic nitrogens is 4. The molecule has 2 unspecified atom stereocenters. The highest BCUT2D eigenvalue weighted by atomic mass is 16.6. The van der Waals surface area contributed by atoms with Crippen molar-refractivity contribution in [2.24, 2.45) is 0 Å². The van der Waals surface area contributed by atoms with Gasteiger partial charge in [-0.2, -0.15) is 0 Å². The van der Waals surface area contributed by atoms with E-state index in [0.717, 1.165) is 60.0 Å². The molecule has 2 aromatic heterocycles. The van der Waals surface area contributed by atoms with E-state index in [-0.39, 0.29) is 0 Å². The Morgan fingerprint density at radius 1 is 0.733 bits per heavy atom. The Morgan fingerprint density at radius 2 is 1.17 bits per heavy atom. The van der Waals surface area contributed by atoms with Gasteiger partial charge >= 0.3 is 0 Å². The lowest BCUT2D eigenvalue weighted by Gasteiger charge is -2.04. The smallest absolute Gasteiger partial charge is 0.133 e. The Morgan fingerprint density at radius 3 is 1.60 bits per heavy atom. The van der Waals surface area contributed by atoms with Crippen LogP contribution in [-0.2, 0) is 22.6 Å². The average Bonchev–Trinajstić information content (AvgIpc) is 3.69. The van der Waals surface area contributed by atoms with Crippen molar-refractivity contribution in [3.8, 4) is 0 Å². The molecule has 0 radical (unpaired) electrons. The number of epoxide rings is 2. The van der Waals surface area contributed by atoms with Gasteiger partial charge < -0.3 is 18.6 Å². The summed E-state index contributed by atoms with van der Waals surface area (Å²) in [5.41, 5.74) is 4.30. The summed E-state index contributed by atoms with van der Waals surface area (Å²) in [6.45, 7) is 3.33. The van der Waals surface area contributed by atoms with Gasteiger partial charge in [0.05, 0.1) is 60.6 Å². The third-order valence-electron chi connectivity index (χ3n) is 5.55. The van der Waals surface area contributed by atoms with Gasteiger partial charge in [0.1, 0.15) is 11.6 Å². The molecule has 2 saturated heterocycles. The summed E-state index contributed by atoms with van der Waals surface area (Å²) in [4.78, 5) is 9.57. The summed E-state index contributed by atoms with van der Waals surface area (Å²) in [5, 5.41) is 0. The minimum atomic E-state index is 0.301. The van der Waals surface area contributed by atoms with E-state index < -0.39 is 0 Å². The summed E-state index contributed by atoms with van der Waals surface area (Å²) < 4.78 is 15.3. The summed E-state index contributed by atoms with van der Waals surface area (Å²) in [5.74, 6) is 1.88. The number of para-hydroxylation sites is 4. The number of ether oxygens (including phenoxy) is 2. The van der Waals surface area contributed by atoms with Crippen molar-refractivity contribution >= 4 is 34.2 Å². The van der Waals surface area contributed by atoms with Gasteiger partial charge in [-0.05, 0) is 36.4 Å². The Balaban J connectivity index is 1.29. The number of rotatable bonds is 7. The summed E-state index contributed by atoms with van der Waals surface area (Å²) in [7, 11) is 0. The SMILES string of the molecule is C(C=Cc1nc2ccccc2n1CC1CO1)=Cc1nc2ccccc2n1CC1CO1. The van der Waals surface area contributed by atoms with Crippen LogP contribution in [0.15, 0.2) is 60.7 Å². The summed E-state index contributed by atoms with van der Waals surface area (Å²) in [6.07, 6.45) is 8.77. The van der Waals surface area contributed by atoms with Crippen molar-refractivity contribution < 1.29 is 9.47 Å². The molecule has 6 heteroatoms. The highest BCUT2D eigenvalue weighted by Gasteiger charge is 2.25. The highest BCUT2D eigenvalue weighted by molar-refractivity contribution is 5.79. The molecule has 2 fully saturated rings. The predicted molar refractivity (Wildman–Crippen MR) is 117 cm³/mol. The van der Waals surface area contributed by atoms with Crippen LogP contribution in [0.5, 0.6) is 0 Å². The molecule has 0 aliphatic carbocycles. The number of benzene rings is 2. The van der Waals surface area contributed by atoms with Crippen LogP contribution in [0.25, 0.3) is 34.2 Å². The maximum atomic E-state index is 5.44. The van der Waals surface area contributed by atoms with Gasteiger partial charge in [0.2, 0.25) is 0 Å². The second kappa shape index (κ2) is 7.23. The fourth-order valence-electron chi connectivity index (χ4n) is 3.86. The third-order valence-corrected chi connectivity index (χ3v) is 5.55. The second-order valence-corrected chi connectivity index (χ2v) is 7.77. The third kappa shape index (κ3) is 3.44. The topological polar surface area (TPSA) is 60.7 Å². The zero-order valence-electron chi connectivity index (χ0n) is 16.5. The van der Waals surface area contributed by atoms with Crippen molar-refractivity contribution in [1.29, 1.82) is 0 Å². The van der Waals surface area contributed by atoms with Crippen molar-refractivity contribution in [2.75, 3.05) is 13.2 Å². The molecule has 2 aromatic carbocycles. The first-order chi connectivity index (χ1) is 14.8. The van der Waals surface area contributed by atoms with Crippen molar-refractivity contribution in [2.45, 2.75) is 25.3 Å². The number of nitrogens with zero attached hydrogens (tertiary/aromatic N) is 4. The normalized spacial score (nSPS) is 20.8. The van der Waals surface area contributed by atoms with Crippen LogP contribution in [0, 0.1) is 0 Å². The van der Waals surface area contributed by atoms with E-state index in [2.05, 4.69) is 57.7 Å². The lowest BCUT2D eigenvalue weighted by molar-refractivity contribution is 0.384. The first-order valence-electron chi connectivity index (χ1n) is 10.3. The first kappa shape index (κ1) is 17.6. The molecule has 30 heavy (non-hydrogen) atoms. The molecule has 0 N–H and O–H groups in total. The van der Waals surface area contributed by atoms with Crippen LogP contribution in [0.4, 0.5) is 0 Å². The fraction of sp³-hybridized carbons (Fsp3) is 0.250. The van der Waals surface area contributed by atoms with Gasteiger partial charge in [-0.3, -0.25) is 0 Å². The Bertz CT molecular complexity index is 1180. The Labute approximate surface area is 174 Å². The lowest BCUT2D eigenvalue weighted by Crippen LogP contribution is -2.06. The van der Waals surface area contributed by atoms with Gasteiger partial charge in [0.25, 0.3) is 0 Å². The average molecular weight is 398 g/mol. The van der Waals surface area contributed by atoms with Gasteiger partial charge in [-0.25, -0.2) is 9.97 Å². The van der Waals surface area contributed by atoms with Crippen LogP contribution in [-0.4, -0.2) is 44.5 Å². The second-order valence-electron chi connectivity index (χ2n) is 7.77. The Hall–Kier alpha value is -3.22. The molecule has 4 aromatic rings. The van der Waals surface area contributed by atoms with E-state index in [9.17, 15) is 0 Å². The largest absolute Gasteiger partial charge is 0.371 e. The molecular formula is C24H22N4O2. The van der Waals surface area contributed by atoms with Crippen molar-refractivity contribution in [3.63, 3.8) is 0 Å². The number of fused-ring (bicyclic) bond motifs is 2. The lowest BCUT2D eigenvalue weighted by atomic mass is 10.3. The molecule has 150 valence electrons. The van der Waals surface area contributed by atoms with E-state index in [1.807, 2.05) is 24.3 Å². The quantitative estimate of drug-likeness (QED) is 0.350. The molecule has 0 bridgehead atoms. The molecule has 2 atom stereocenters. The molecule has 2 aliphatic rings. The first-order valence-corrected chi connectivity index (χ1v) is 10.3. The van der Waals surface area contributed by atoms with Crippen LogP contribution < -0.4 is 0 Å². The molecule has 6 nitrogen and oxygen atoms in total. The number of hydrogen-bond donors (Lipinski definition) is 0. The molecular weight excluding hydrogens is 376 g/mol. The van der Waals surface area contributed by atoms with Gasteiger partial charge in [-0.1, -0.05) is 36.4 Å². The molecule has 0 spiro atoms. The predicted octanol–water partition coefficient (Wildman–Crippen LogP) is 3.91. The molecule has 0 saturated carbocycles. The van der Waals surface area contributed by atoms with Gasteiger partial charge in [0, 0.05) is 0 Å². The van der Waals surface area contributed by atoms with E-state index in [1.54, 1.807) is 0 Å². The molecule has 6 rings (SSSR count). The minimum absolute atomic E-state index is 0.301. The molecule has 2 aliphatic heterocycles. The Kier molecular flexibility index (Phi) is 4.25. The minimum Gasteiger partial charge on any atom is -0.371 e. The van der Waals surface area contributed by atoms with Crippen LogP contribution in [0.1, 0.15) is 11.6 Å². The van der Waals surface area contributed by atoms with E-state index in [4.69, 9.17) is 19.4 Å². The highest BCUT2D eigenvalue weighted by Crippen LogP contribution is 2.23. The van der Waals surface area contributed by atoms with Crippen molar-refractivity contribution in [1.82, 2.24) is 19.1 Å². The molecule has 4 heterocycles. The number of hydrogen-bond acceptors (Lipinski definition) is 4. The fourth-order valence-corrected chi connectivity index (χ4v) is 3.86. The number of imidazole rings is 2. The maximum absolute atomic E-state index is 5.44. The van der Waals surface area contributed by atoms with Crippen LogP contribution in [0.3, 0.4) is 0 Å². The summed E-state index contributed by atoms with van der Waals surface area (Å²) >= 11 is 0. The van der Waals surface area contributed by atoms with Gasteiger partial charge in [-0.15, -0.1) is 0 Å². The van der Waals surface area contributed by atoms with Crippen LogP contribution in [0.2, 0.25) is 0 Å². The number of allylic oxidation sites excluding steroid dienone is 2. The maximum Gasteiger partial charge on any atom is 0.133 e. The standard InChI is InChI=1S/C24H22N4O2/c1-3-9-21-19(7-1)25-23(27(21)13-17-15-29-17)11-5-6-12-24-26-20-8-2-4-10-22(20)28(24)14-18-16-30-18/h1-12,17-18H,13-16H2. The zero-order chi connectivity index (χ0) is 19.9. The van der Waals surface area contributed by atoms with E-state index >= 15 is 0 Å². The van der Waals surface area contributed by atoms with E-state index in [0.29, 0.717) is 12.2 Å².